The second-order valence-corrected chi connectivity index (χ2v) is 3.17. The lowest BCUT2D eigenvalue weighted by atomic mass is 10.6. The molecule has 1 aromatic heterocycles. The van der Waals surface area contributed by atoms with E-state index in [1.807, 2.05) is 6.20 Å². The minimum Gasteiger partial charge on any atom is -0.382 e. The summed E-state index contributed by atoms with van der Waals surface area (Å²) < 4.78 is 2.08. The molecule has 0 radical (unpaired) electrons. The second-order valence-electron chi connectivity index (χ2n) is 2.30. The van der Waals surface area contributed by atoms with E-state index in [0.717, 1.165) is 18.1 Å². The maximum Gasteiger partial charge on any atom is 0.141 e. The van der Waals surface area contributed by atoms with Crippen molar-refractivity contribution in [3.8, 4) is 0 Å². The van der Waals surface area contributed by atoms with E-state index >= 15 is 0 Å². The molecular weight excluding hydrogens is 158 g/mol. The Balaban J connectivity index is 2.83. The van der Waals surface area contributed by atoms with Crippen LogP contribution in [-0.2, 0) is 12.3 Å². The number of nitrogen functional groups attached to an aromatic ring is 1. The van der Waals surface area contributed by atoms with Crippen molar-refractivity contribution < 1.29 is 0 Å². The number of nitrogens with two attached hydrogens (primary N) is 1. The summed E-state index contributed by atoms with van der Waals surface area (Å²) in [4.78, 5) is 4.19. The molecule has 0 atom stereocenters. The lowest BCUT2D eigenvalue weighted by molar-refractivity contribution is 0.726. The highest BCUT2D eigenvalue weighted by atomic mass is 32.2. The molecule has 4 heteroatoms. The Bertz CT molecular complexity index is 232. The van der Waals surface area contributed by atoms with Gasteiger partial charge in [0.1, 0.15) is 11.6 Å². The van der Waals surface area contributed by atoms with E-state index in [4.69, 9.17) is 5.73 Å². The van der Waals surface area contributed by atoms with Gasteiger partial charge in [0, 0.05) is 12.7 Å². The fourth-order valence-corrected chi connectivity index (χ4v) is 1.48. The standard InChI is InChI=1S/C7H13N3S/c1-3-10-4-6(8)9-7(10)5-11-2/h4H,3,5,8H2,1-2H3. The maximum absolute atomic E-state index is 5.54. The molecule has 1 aromatic rings. The molecule has 0 unspecified atom stereocenters. The van der Waals surface area contributed by atoms with Gasteiger partial charge in [-0.15, -0.1) is 0 Å². The van der Waals surface area contributed by atoms with Crippen LogP contribution in [-0.4, -0.2) is 15.8 Å². The topological polar surface area (TPSA) is 43.8 Å². The van der Waals surface area contributed by atoms with Crippen LogP contribution in [0.2, 0.25) is 0 Å². The largest absolute Gasteiger partial charge is 0.382 e. The number of anilines is 1. The first-order valence-corrected chi connectivity index (χ1v) is 4.97. The normalized spacial score (nSPS) is 10.4. The molecule has 1 rings (SSSR count). The number of rotatable bonds is 3. The Labute approximate surface area is 71.0 Å². The molecule has 1 heterocycles. The van der Waals surface area contributed by atoms with E-state index in [9.17, 15) is 0 Å². The minimum atomic E-state index is 0.621. The first-order chi connectivity index (χ1) is 5.27. The summed E-state index contributed by atoms with van der Waals surface area (Å²) in [5, 5.41) is 0. The molecule has 0 spiro atoms. The summed E-state index contributed by atoms with van der Waals surface area (Å²) in [5.74, 6) is 2.62. The van der Waals surface area contributed by atoms with Crippen LogP contribution in [0.1, 0.15) is 12.7 Å². The monoisotopic (exact) mass is 171 g/mol. The third-order valence-electron chi connectivity index (χ3n) is 1.49. The molecule has 2 N–H and O–H groups in total. The number of aromatic nitrogens is 2. The SMILES string of the molecule is CCn1cc(N)nc1CSC. The highest BCUT2D eigenvalue weighted by Gasteiger charge is 2.02. The van der Waals surface area contributed by atoms with E-state index in [0.29, 0.717) is 5.82 Å². The Morgan fingerprint density at radius 1 is 1.73 bits per heavy atom. The number of aryl methyl sites for hydroxylation is 1. The van der Waals surface area contributed by atoms with Crippen molar-refractivity contribution in [3.05, 3.63) is 12.0 Å². The molecule has 0 aromatic carbocycles. The summed E-state index contributed by atoms with van der Waals surface area (Å²) >= 11 is 1.76. The number of hydrogen-bond acceptors (Lipinski definition) is 3. The van der Waals surface area contributed by atoms with Crippen molar-refractivity contribution in [2.24, 2.45) is 0 Å². The smallest absolute Gasteiger partial charge is 0.141 e. The molecule has 0 saturated carbocycles. The molecule has 0 fully saturated rings. The summed E-state index contributed by atoms with van der Waals surface area (Å²) in [6.45, 7) is 3.03. The van der Waals surface area contributed by atoms with Crippen LogP contribution < -0.4 is 5.73 Å². The van der Waals surface area contributed by atoms with Crippen molar-refractivity contribution >= 4 is 17.6 Å². The fourth-order valence-electron chi connectivity index (χ4n) is 0.994. The molecule has 3 nitrogen and oxygen atoms in total. The van der Waals surface area contributed by atoms with Gasteiger partial charge in [0.25, 0.3) is 0 Å². The zero-order valence-corrected chi connectivity index (χ0v) is 7.69. The molecule has 0 saturated heterocycles. The van der Waals surface area contributed by atoms with E-state index in [1.54, 1.807) is 11.8 Å². The van der Waals surface area contributed by atoms with Crippen LogP contribution in [0, 0.1) is 0 Å². The first kappa shape index (κ1) is 8.46. The van der Waals surface area contributed by atoms with Crippen molar-refractivity contribution in [3.63, 3.8) is 0 Å². The van der Waals surface area contributed by atoms with Crippen LogP contribution in [0.5, 0.6) is 0 Å². The molecule has 0 aliphatic heterocycles. The van der Waals surface area contributed by atoms with Gasteiger partial charge < -0.3 is 10.3 Å². The van der Waals surface area contributed by atoms with Gasteiger partial charge in [-0.2, -0.15) is 11.8 Å². The average Bonchev–Trinajstić information content (AvgIpc) is 2.32. The lowest BCUT2D eigenvalue weighted by Gasteiger charge is -2.00. The Hall–Kier alpha value is -0.640. The third-order valence-corrected chi connectivity index (χ3v) is 2.04. The summed E-state index contributed by atoms with van der Waals surface area (Å²) in [7, 11) is 0. The zero-order valence-electron chi connectivity index (χ0n) is 6.87. The molecule has 0 amide bonds. The van der Waals surface area contributed by atoms with E-state index in [-0.39, 0.29) is 0 Å². The summed E-state index contributed by atoms with van der Waals surface area (Å²) in [5.41, 5.74) is 5.54. The highest BCUT2D eigenvalue weighted by Crippen LogP contribution is 2.10. The van der Waals surface area contributed by atoms with Gasteiger partial charge in [0.05, 0.1) is 5.75 Å². The molecule has 0 bridgehead atoms. The van der Waals surface area contributed by atoms with Crippen LogP contribution in [0.25, 0.3) is 0 Å². The zero-order chi connectivity index (χ0) is 8.27. The summed E-state index contributed by atoms with van der Waals surface area (Å²) in [6.07, 6.45) is 3.94. The van der Waals surface area contributed by atoms with Crippen LogP contribution in [0.4, 0.5) is 5.82 Å². The van der Waals surface area contributed by atoms with Gasteiger partial charge in [-0.3, -0.25) is 0 Å². The predicted octanol–water partition coefficient (Wildman–Crippen LogP) is 1.35. The van der Waals surface area contributed by atoms with E-state index < -0.39 is 0 Å². The van der Waals surface area contributed by atoms with Gasteiger partial charge in [-0.1, -0.05) is 0 Å². The van der Waals surface area contributed by atoms with Crippen molar-refractivity contribution in [1.29, 1.82) is 0 Å². The van der Waals surface area contributed by atoms with Crippen LogP contribution >= 0.6 is 11.8 Å². The van der Waals surface area contributed by atoms with Crippen molar-refractivity contribution in [1.82, 2.24) is 9.55 Å². The fraction of sp³-hybridized carbons (Fsp3) is 0.571. The van der Waals surface area contributed by atoms with Gasteiger partial charge in [-0.05, 0) is 13.2 Å². The molecule has 0 aliphatic rings. The molecule has 11 heavy (non-hydrogen) atoms. The predicted molar refractivity (Wildman–Crippen MR) is 49.5 cm³/mol. The van der Waals surface area contributed by atoms with Crippen LogP contribution in [0.15, 0.2) is 6.20 Å². The molecule has 62 valence electrons. The number of thioether (sulfide) groups is 1. The van der Waals surface area contributed by atoms with Crippen molar-refractivity contribution in [2.45, 2.75) is 19.2 Å². The number of imidazole rings is 1. The quantitative estimate of drug-likeness (QED) is 0.746. The molecular formula is C7H13N3S. The van der Waals surface area contributed by atoms with Crippen molar-refractivity contribution in [2.75, 3.05) is 12.0 Å². The van der Waals surface area contributed by atoms with Gasteiger partial charge in [0.15, 0.2) is 0 Å². The second kappa shape index (κ2) is 3.67. The summed E-state index contributed by atoms with van der Waals surface area (Å²) in [6, 6.07) is 0. The third kappa shape index (κ3) is 1.89. The minimum absolute atomic E-state index is 0.621. The molecule has 0 aliphatic carbocycles. The average molecular weight is 171 g/mol. The Morgan fingerprint density at radius 2 is 2.45 bits per heavy atom. The number of hydrogen-bond donors (Lipinski definition) is 1. The van der Waals surface area contributed by atoms with E-state index in [2.05, 4.69) is 22.7 Å². The van der Waals surface area contributed by atoms with E-state index in [1.165, 1.54) is 0 Å². The maximum atomic E-state index is 5.54. The van der Waals surface area contributed by atoms with Gasteiger partial charge >= 0.3 is 0 Å². The number of nitrogens with zero attached hydrogens (tertiary/aromatic N) is 2. The highest BCUT2D eigenvalue weighted by molar-refractivity contribution is 7.97. The lowest BCUT2D eigenvalue weighted by Crippen LogP contribution is -1.98. The Kier molecular flexibility index (Phi) is 2.82. The van der Waals surface area contributed by atoms with Gasteiger partial charge in [-0.25, -0.2) is 4.98 Å². The first-order valence-electron chi connectivity index (χ1n) is 3.58. The Morgan fingerprint density at radius 3 is 3.00 bits per heavy atom. The van der Waals surface area contributed by atoms with Crippen LogP contribution in [0.3, 0.4) is 0 Å². The van der Waals surface area contributed by atoms with Gasteiger partial charge in [0.2, 0.25) is 0 Å².